The molecule has 26 heavy (non-hydrogen) atoms. The Morgan fingerprint density at radius 2 is 1.92 bits per heavy atom. The summed E-state index contributed by atoms with van der Waals surface area (Å²) in [5.74, 6) is 0.0327. The van der Waals surface area contributed by atoms with E-state index in [1.54, 1.807) is 18.2 Å². The van der Waals surface area contributed by atoms with Crippen molar-refractivity contribution in [3.63, 3.8) is 0 Å². The number of benzene rings is 2. The zero-order valence-corrected chi connectivity index (χ0v) is 14.2. The minimum absolute atomic E-state index is 0.00343. The molecule has 0 radical (unpaired) electrons. The molecule has 0 saturated heterocycles. The van der Waals surface area contributed by atoms with Gasteiger partial charge in [0.15, 0.2) is 0 Å². The zero-order chi connectivity index (χ0) is 19.1. The first kappa shape index (κ1) is 17.8. The lowest BCUT2D eigenvalue weighted by atomic mass is 10.0. The van der Waals surface area contributed by atoms with Gasteiger partial charge >= 0.3 is 6.18 Å². The molecule has 2 N–H and O–H groups in total. The topological polar surface area (TPSA) is 67.6 Å². The first-order valence-corrected chi connectivity index (χ1v) is 7.83. The smallest absolute Gasteiger partial charge is 0.382 e. The second-order valence-corrected chi connectivity index (χ2v) is 6.08. The molecule has 0 saturated carbocycles. The second-order valence-electron chi connectivity index (χ2n) is 5.64. The highest BCUT2D eigenvalue weighted by atomic mass is 35.5. The Morgan fingerprint density at radius 3 is 2.58 bits per heavy atom. The van der Waals surface area contributed by atoms with E-state index in [-0.39, 0.29) is 22.6 Å². The van der Waals surface area contributed by atoms with Crippen molar-refractivity contribution in [2.45, 2.75) is 13.1 Å². The van der Waals surface area contributed by atoms with Crippen molar-refractivity contribution in [2.75, 3.05) is 5.73 Å². The van der Waals surface area contributed by atoms with Gasteiger partial charge in [-0.05, 0) is 36.8 Å². The Labute approximate surface area is 152 Å². The Kier molecular flexibility index (Phi) is 4.38. The van der Waals surface area contributed by atoms with Gasteiger partial charge in [0.25, 0.3) is 0 Å². The maximum Gasteiger partial charge on any atom is 0.416 e. The molecule has 3 rings (SSSR count). The number of hydrogen-bond donors (Lipinski definition) is 1. The van der Waals surface area contributed by atoms with Crippen LogP contribution in [0.25, 0.3) is 16.9 Å². The fraction of sp³-hybridized carbons (Fsp3) is 0.111. The van der Waals surface area contributed by atoms with E-state index in [1.165, 1.54) is 16.8 Å². The molecular formula is C18H12ClF3N4. The number of nitrogens with two attached hydrogens (primary N) is 1. The first-order valence-electron chi connectivity index (χ1n) is 7.45. The standard InChI is InChI=1S/C18H12ClF3N4/c1-10-5-6-13(19)8-15(10)26-17(24)14(9-23)16(25-26)11-3-2-4-12(7-11)18(20,21)22/h2-8H,24H2,1H3. The van der Waals surface area contributed by atoms with Gasteiger partial charge in [0.2, 0.25) is 0 Å². The van der Waals surface area contributed by atoms with Crippen LogP contribution in [-0.2, 0) is 6.18 Å². The largest absolute Gasteiger partial charge is 0.416 e. The van der Waals surface area contributed by atoms with E-state index in [2.05, 4.69) is 5.10 Å². The summed E-state index contributed by atoms with van der Waals surface area (Å²) in [7, 11) is 0. The Bertz CT molecular complexity index is 1030. The normalized spacial score (nSPS) is 11.4. The lowest BCUT2D eigenvalue weighted by molar-refractivity contribution is -0.137. The SMILES string of the molecule is Cc1ccc(Cl)cc1-n1nc(-c2cccc(C(F)(F)F)c2)c(C#N)c1N. The zero-order valence-electron chi connectivity index (χ0n) is 13.5. The number of halogens is 4. The number of aromatic nitrogens is 2. The highest BCUT2D eigenvalue weighted by Gasteiger charge is 2.31. The number of nitrogens with zero attached hydrogens (tertiary/aromatic N) is 3. The van der Waals surface area contributed by atoms with E-state index in [0.29, 0.717) is 10.7 Å². The first-order chi connectivity index (χ1) is 12.2. The summed E-state index contributed by atoms with van der Waals surface area (Å²) in [6, 6.07) is 11.6. The van der Waals surface area contributed by atoms with Crippen LogP contribution in [0.1, 0.15) is 16.7 Å². The third kappa shape index (κ3) is 3.11. The maximum absolute atomic E-state index is 13.0. The Balaban J connectivity index is 2.22. The molecule has 0 amide bonds. The molecule has 2 aromatic carbocycles. The molecule has 0 spiro atoms. The van der Waals surface area contributed by atoms with Crippen LogP contribution in [0.15, 0.2) is 42.5 Å². The van der Waals surface area contributed by atoms with Gasteiger partial charge in [-0.25, -0.2) is 4.68 Å². The predicted octanol–water partition coefficient (Wildman–Crippen LogP) is 4.97. The molecule has 4 nitrogen and oxygen atoms in total. The number of rotatable bonds is 2. The number of anilines is 1. The summed E-state index contributed by atoms with van der Waals surface area (Å²) in [5.41, 5.74) is 6.79. The average Bonchev–Trinajstić information content (AvgIpc) is 2.93. The van der Waals surface area contributed by atoms with Crippen molar-refractivity contribution >= 4 is 17.4 Å². The minimum atomic E-state index is -4.50. The predicted molar refractivity (Wildman–Crippen MR) is 92.9 cm³/mol. The van der Waals surface area contributed by atoms with Crippen LogP contribution in [0.4, 0.5) is 19.0 Å². The molecule has 1 heterocycles. The van der Waals surface area contributed by atoms with Crippen molar-refractivity contribution in [3.8, 4) is 23.0 Å². The van der Waals surface area contributed by atoms with Crippen molar-refractivity contribution in [2.24, 2.45) is 0 Å². The van der Waals surface area contributed by atoms with Crippen LogP contribution >= 0.6 is 11.6 Å². The molecule has 8 heteroatoms. The highest BCUT2D eigenvalue weighted by Crippen LogP contribution is 2.35. The summed E-state index contributed by atoms with van der Waals surface area (Å²) < 4.78 is 40.3. The lowest BCUT2D eigenvalue weighted by Crippen LogP contribution is -2.05. The second kappa shape index (κ2) is 6.39. The molecule has 3 aromatic rings. The van der Waals surface area contributed by atoms with E-state index < -0.39 is 11.7 Å². The van der Waals surface area contributed by atoms with Gasteiger partial charge in [-0.2, -0.15) is 23.5 Å². The van der Waals surface area contributed by atoms with Gasteiger partial charge < -0.3 is 5.73 Å². The van der Waals surface area contributed by atoms with E-state index in [1.807, 2.05) is 13.0 Å². The number of nitriles is 1. The highest BCUT2D eigenvalue weighted by molar-refractivity contribution is 6.30. The average molecular weight is 377 g/mol. The van der Waals surface area contributed by atoms with E-state index in [0.717, 1.165) is 17.7 Å². The quantitative estimate of drug-likeness (QED) is 0.686. The van der Waals surface area contributed by atoms with E-state index >= 15 is 0 Å². The monoisotopic (exact) mass is 376 g/mol. The molecule has 0 aliphatic carbocycles. The lowest BCUT2D eigenvalue weighted by Gasteiger charge is -2.08. The molecule has 0 fully saturated rings. The Morgan fingerprint density at radius 1 is 1.19 bits per heavy atom. The van der Waals surface area contributed by atoms with Crippen molar-refractivity contribution in [1.29, 1.82) is 5.26 Å². The summed E-state index contributed by atoms with van der Waals surface area (Å²) in [6.45, 7) is 1.81. The molecule has 1 aromatic heterocycles. The van der Waals surface area contributed by atoms with E-state index in [9.17, 15) is 18.4 Å². The van der Waals surface area contributed by atoms with Gasteiger partial charge in [-0.15, -0.1) is 0 Å². The van der Waals surface area contributed by atoms with Gasteiger partial charge in [0.05, 0.1) is 11.3 Å². The van der Waals surface area contributed by atoms with Gasteiger partial charge in [-0.1, -0.05) is 29.8 Å². The molecule has 132 valence electrons. The van der Waals surface area contributed by atoms with Crippen LogP contribution in [0.2, 0.25) is 5.02 Å². The third-order valence-electron chi connectivity index (χ3n) is 3.90. The fourth-order valence-corrected chi connectivity index (χ4v) is 2.75. The van der Waals surface area contributed by atoms with Crippen LogP contribution in [0, 0.1) is 18.3 Å². The summed E-state index contributed by atoms with van der Waals surface area (Å²) in [6.07, 6.45) is -4.50. The number of aryl methyl sites for hydroxylation is 1. The fourth-order valence-electron chi connectivity index (χ4n) is 2.58. The van der Waals surface area contributed by atoms with Crippen molar-refractivity contribution in [1.82, 2.24) is 9.78 Å². The van der Waals surface area contributed by atoms with Crippen LogP contribution in [0.5, 0.6) is 0 Å². The van der Waals surface area contributed by atoms with Gasteiger partial charge in [-0.3, -0.25) is 0 Å². The van der Waals surface area contributed by atoms with Crippen LogP contribution in [-0.4, -0.2) is 9.78 Å². The van der Waals surface area contributed by atoms with Crippen LogP contribution < -0.4 is 5.73 Å². The molecular weight excluding hydrogens is 365 g/mol. The maximum atomic E-state index is 13.0. The summed E-state index contributed by atoms with van der Waals surface area (Å²) in [5, 5.41) is 14.2. The van der Waals surface area contributed by atoms with Crippen molar-refractivity contribution in [3.05, 3.63) is 64.2 Å². The van der Waals surface area contributed by atoms with E-state index in [4.69, 9.17) is 17.3 Å². The molecule has 0 aliphatic rings. The molecule has 0 atom stereocenters. The summed E-state index contributed by atoms with van der Waals surface area (Å²) >= 11 is 6.02. The molecule has 0 aliphatic heterocycles. The number of hydrogen-bond acceptors (Lipinski definition) is 3. The summed E-state index contributed by atoms with van der Waals surface area (Å²) in [4.78, 5) is 0. The minimum Gasteiger partial charge on any atom is -0.382 e. The number of nitrogen functional groups attached to an aromatic ring is 1. The van der Waals surface area contributed by atoms with Crippen molar-refractivity contribution < 1.29 is 13.2 Å². The number of alkyl halides is 3. The van der Waals surface area contributed by atoms with Gasteiger partial charge in [0, 0.05) is 10.6 Å². The van der Waals surface area contributed by atoms with Gasteiger partial charge in [0.1, 0.15) is 23.1 Å². The molecule has 0 unspecified atom stereocenters. The Hall–Kier alpha value is -2.98. The molecule has 0 bridgehead atoms. The van der Waals surface area contributed by atoms with Crippen LogP contribution in [0.3, 0.4) is 0 Å². The third-order valence-corrected chi connectivity index (χ3v) is 4.13.